The summed E-state index contributed by atoms with van der Waals surface area (Å²) in [5.74, 6) is 0. The van der Waals surface area contributed by atoms with Gasteiger partial charge in [0.15, 0.2) is 0 Å². The van der Waals surface area contributed by atoms with Crippen molar-refractivity contribution in [2.75, 3.05) is 5.73 Å². The molecule has 78 valence electrons. The standard InChI is InChI=1S/C13H16N2/c1-13(2,3)10-7-9-5-4-6-15-12(9)11(14)8-10/h4-8H,14H2,1-3H3. The van der Waals surface area contributed by atoms with Gasteiger partial charge in [-0.1, -0.05) is 26.8 Å². The maximum absolute atomic E-state index is 5.99. The van der Waals surface area contributed by atoms with Gasteiger partial charge in [0.25, 0.3) is 0 Å². The lowest BCUT2D eigenvalue weighted by Gasteiger charge is -2.20. The first-order valence-corrected chi connectivity index (χ1v) is 5.13. The maximum atomic E-state index is 5.99. The van der Waals surface area contributed by atoms with Gasteiger partial charge in [0.05, 0.1) is 11.2 Å². The molecule has 15 heavy (non-hydrogen) atoms. The van der Waals surface area contributed by atoms with Crippen LogP contribution in [-0.2, 0) is 5.41 Å². The summed E-state index contributed by atoms with van der Waals surface area (Å²) in [5, 5.41) is 1.11. The monoisotopic (exact) mass is 200 g/mol. The van der Waals surface area contributed by atoms with Crippen LogP contribution in [0.1, 0.15) is 26.3 Å². The summed E-state index contributed by atoms with van der Waals surface area (Å²) in [6.07, 6.45) is 1.77. The normalized spacial score (nSPS) is 11.9. The quantitative estimate of drug-likeness (QED) is 0.663. The molecule has 1 aromatic carbocycles. The number of nitrogens with zero attached hydrogens (tertiary/aromatic N) is 1. The van der Waals surface area contributed by atoms with Crippen molar-refractivity contribution in [2.45, 2.75) is 26.2 Å². The molecule has 0 amide bonds. The fourth-order valence-electron chi connectivity index (χ4n) is 1.65. The topological polar surface area (TPSA) is 38.9 Å². The van der Waals surface area contributed by atoms with Crippen molar-refractivity contribution in [1.29, 1.82) is 0 Å². The van der Waals surface area contributed by atoms with E-state index in [0.29, 0.717) is 0 Å². The van der Waals surface area contributed by atoms with E-state index in [-0.39, 0.29) is 5.41 Å². The van der Waals surface area contributed by atoms with Crippen LogP contribution in [0.15, 0.2) is 30.5 Å². The third-order valence-corrected chi connectivity index (χ3v) is 2.60. The van der Waals surface area contributed by atoms with E-state index >= 15 is 0 Å². The SMILES string of the molecule is CC(C)(C)c1cc(N)c2ncccc2c1. The average molecular weight is 200 g/mol. The van der Waals surface area contributed by atoms with E-state index < -0.39 is 0 Å². The molecule has 0 aliphatic heterocycles. The third kappa shape index (κ3) is 1.80. The molecule has 0 bridgehead atoms. The highest BCUT2D eigenvalue weighted by Crippen LogP contribution is 2.28. The summed E-state index contributed by atoms with van der Waals surface area (Å²) in [7, 11) is 0. The van der Waals surface area contributed by atoms with Crippen LogP contribution in [0.25, 0.3) is 10.9 Å². The Hall–Kier alpha value is -1.57. The molecule has 2 N–H and O–H groups in total. The minimum atomic E-state index is 0.123. The Kier molecular flexibility index (Phi) is 2.14. The molecule has 0 aliphatic rings. The predicted molar refractivity (Wildman–Crippen MR) is 64.9 cm³/mol. The van der Waals surface area contributed by atoms with E-state index in [0.717, 1.165) is 16.6 Å². The zero-order valence-electron chi connectivity index (χ0n) is 9.41. The fourth-order valence-corrected chi connectivity index (χ4v) is 1.65. The summed E-state index contributed by atoms with van der Waals surface area (Å²) in [5.41, 5.74) is 9.02. The van der Waals surface area contributed by atoms with Crippen molar-refractivity contribution < 1.29 is 0 Å². The Balaban J connectivity index is 2.73. The van der Waals surface area contributed by atoms with Crippen LogP contribution in [-0.4, -0.2) is 4.98 Å². The van der Waals surface area contributed by atoms with Gasteiger partial charge in [-0.05, 0) is 29.2 Å². The van der Waals surface area contributed by atoms with Crippen molar-refractivity contribution in [3.63, 3.8) is 0 Å². The second kappa shape index (κ2) is 3.23. The number of pyridine rings is 1. The number of nitrogens with two attached hydrogens (primary N) is 1. The number of nitrogen functional groups attached to an aromatic ring is 1. The highest BCUT2D eigenvalue weighted by molar-refractivity contribution is 5.90. The molecule has 1 aromatic heterocycles. The van der Waals surface area contributed by atoms with Gasteiger partial charge in [-0.15, -0.1) is 0 Å². The summed E-state index contributed by atoms with van der Waals surface area (Å²) >= 11 is 0. The van der Waals surface area contributed by atoms with Crippen molar-refractivity contribution in [2.24, 2.45) is 0 Å². The van der Waals surface area contributed by atoms with Gasteiger partial charge in [-0.2, -0.15) is 0 Å². The van der Waals surface area contributed by atoms with Crippen LogP contribution in [0.3, 0.4) is 0 Å². The largest absolute Gasteiger partial charge is 0.397 e. The number of aromatic nitrogens is 1. The Labute approximate surface area is 90.1 Å². The minimum absolute atomic E-state index is 0.123. The van der Waals surface area contributed by atoms with Crippen LogP contribution in [0.4, 0.5) is 5.69 Å². The molecule has 2 nitrogen and oxygen atoms in total. The van der Waals surface area contributed by atoms with Crippen molar-refractivity contribution in [3.8, 4) is 0 Å². The molecule has 0 atom stereocenters. The lowest BCUT2D eigenvalue weighted by Crippen LogP contribution is -2.11. The van der Waals surface area contributed by atoms with Crippen LogP contribution >= 0.6 is 0 Å². The summed E-state index contributed by atoms with van der Waals surface area (Å²) in [4.78, 5) is 4.28. The van der Waals surface area contributed by atoms with E-state index in [1.165, 1.54) is 5.56 Å². The zero-order valence-corrected chi connectivity index (χ0v) is 9.41. The van der Waals surface area contributed by atoms with Gasteiger partial charge in [0.1, 0.15) is 0 Å². The number of fused-ring (bicyclic) bond motifs is 1. The van der Waals surface area contributed by atoms with Gasteiger partial charge in [-0.3, -0.25) is 4.98 Å². The smallest absolute Gasteiger partial charge is 0.0931 e. The molecule has 0 aliphatic carbocycles. The van der Waals surface area contributed by atoms with E-state index in [9.17, 15) is 0 Å². The highest BCUT2D eigenvalue weighted by atomic mass is 14.7. The summed E-state index contributed by atoms with van der Waals surface area (Å²) in [6.45, 7) is 6.55. The van der Waals surface area contributed by atoms with Crippen molar-refractivity contribution in [1.82, 2.24) is 4.98 Å². The number of hydrogen-bond donors (Lipinski definition) is 1. The van der Waals surface area contributed by atoms with Crippen molar-refractivity contribution >= 4 is 16.6 Å². The van der Waals surface area contributed by atoms with Gasteiger partial charge < -0.3 is 5.73 Å². The molecule has 2 heteroatoms. The summed E-state index contributed by atoms with van der Waals surface area (Å²) in [6, 6.07) is 8.18. The van der Waals surface area contributed by atoms with E-state index in [1.807, 2.05) is 18.2 Å². The Morgan fingerprint density at radius 3 is 2.60 bits per heavy atom. The molecule has 0 fully saturated rings. The molecular formula is C13H16N2. The molecule has 1 heterocycles. The molecule has 0 spiro atoms. The Morgan fingerprint density at radius 1 is 1.20 bits per heavy atom. The molecule has 2 aromatic rings. The Morgan fingerprint density at radius 2 is 1.93 bits per heavy atom. The molecule has 0 unspecified atom stereocenters. The summed E-state index contributed by atoms with van der Waals surface area (Å²) < 4.78 is 0. The molecular weight excluding hydrogens is 184 g/mol. The highest BCUT2D eigenvalue weighted by Gasteiger charge is 2.15. The minimum Gasteiger partial charge on any atom is -0.397 e. The zero-order chi connectivity index (χ0) is 11.1. The molecule has 0 radical (unpaired) electrons. The fraction of sp³-hybridized carbons (Fsp3) is 0.308. The first kappa shape index (κ1) is 9.97. The lowest BCUT2D eigenvalue weighted by molar-refractivity contribution is 0.591. The molecule has 0 saturated carbocycles. The second-order valence-corrected chi connectivity index (χ2v) is 4.89. The van der Waals surface area contributed by atoms with E-state index in [2.05, 4.69) is 31.8 Å². The lowest BCUT2D eigenvalue weighted by atomic mass is 9.86. The predicted octanol–water partition coefficient (Wildman–Crippen LogP) is 3.11. The van der Waals surface area contributed by atoms with Gasteiger partial charge in [-0.25, -0.2) is 0 Å². The first-order valence-electron chi connectivity index (χ1n) is 5.13. The second-order valence-electron chi connectivity index (χ2n) is 4.89. The number of rotatable bonds is 0. The molecule has 0 saturated heterocycles. The first-order chi connectivity index (χ1) is 6.98. The van der Waals surface area contributed by atoms with Gasteiger partial charge >= 0.3 is 0 Å². The van der Waals surface area contributed by atoms with E-state index in [4.69, 9.17) is 5.73 Å². The van der Waals surface area contributed by atoms with Crippen LogP contribution < -0.4 is 5.73 Å². The third-order valence-electron chi connectivity index (χ3n) is 2.60. The van der Waals surface area contributed by atoms with Crippen LogP contribution in [0.5, 0.6) is 0 Å². The maximum Gasteiger partial charge on any atom is 0.0931 e. The van der Waals surface area contributed by atoms with Crippen LogP contribution in [0, 0.1) is 0 Å². The van der Waals surface area contributed by atoms with Crippen LogP contribution in [0.2, 0.25) is 0 Å². The average Bonchev–Trinajstić information content (AvgIpc) is 2.16. The van der Waals surface area contributed by atoms with Crippen molar-refractivity contribution in [3.05, 3.63) is 36.0 Å². The van der Waals surface area contributed by atoms with Gasteiger partial charge in [0.2, 0.25) is 0 Å². The van der Waals surface area contributed by atoms with E-state index in [1.54, 1.807) is 6.20 Å². The molecule has 2 rings (SSSR count). The number of hydrogen-bond acceptors (Lipinski definition) is 2. The Bertz CT molecular complexity index is 495. The van der Waals surface area contributed by atoms with Gasteiger partial charge in [0, 0.05) is 11.6 Å². The number of anilines is 1. The number of benzene rings is 1.